The summed E-state index contributed by atoms with van der Waals surface area (Å²) in [5, 5.41) is 0. The average molecular weight is 402 g/mol. The molecule has 2 aromatic carbocycles. The number of amides is 1. The van der Waals surface area contributed by atoms with Crippen LogP contribution in [0.4, 0.5) is 10.1 Å². The number of nitrogens with one attached hydrogen (secondary N) is 1. The molecule has 6 nitrogen and oxygen atoms in total. The van der Waals surface area contributed by atoms with Crippen LogP contribution in [-0.4, -0.2) is 26.3 Å². The van der Waals surface area contributed by atoms with Gasteiger partial charge in [-0.2, -0.15) is 0 Å². The third kappa shape index (κ3) is 4.40. The second-order valence-electron chi connectivity index (χ2n) is 6.33. The number of carbonyl (C=O) groups is 1. The molecule has 0 radical (unpaired) electrons. The zero-order chi connectivity index (χ0) is 20.3. The topological polar surface area (TPSA) is 79.6 Å². The molecule has 0 spiro atoms. The summed E-state index contributed by atoms with van der Waals surface area (Å²) in [7, 11) is -2.34. The molecule has 0 aliphatic carbocycles. The van der Waals surface area contributed by atoms with Gasteiger partial charge in [0.05, 0.1) is 17.7 Å². The van der Waals surface area contributed by atoms with Gasteiger partial charge in [0.15, 0.2) is 0 Å². The van der Waals surface area contributed by atoms with E-state index in [1.165, 1.54) is 29.4 Å². The van der Waals surface area contributed by atoms with E-state index in [4.69, 9.17) is 4.42 Å². The third-order valence-corrected chi connectivity index (χ3v) is 5.66. The van der Waals surface area contributed by atoms with Crippen molar-refractivity contribution in [3.63, 3.8) is 0 Å². The molecular weight excluding hydrogens is 383 g/mol. The largest absolute Gasteiger partial charge is 0.467 e. The molecule has 0 aliphatic heterocycles. The fourth-order valence-corrected chi connectivity index (χ4v) is 4.01. The highest BCUT2D eigenvalue weighted by molar-refractivity contribution is 7.92. The van der Waals surface area contributed by atoms with Crippen LogP contribution in [0.15, 0.2) is 70.2 Å². The van der Waals surface area contributed by atoms with Gasteiger partial charge in [-0.1, -0.05) is 6.07 Å². The van der Waals surface area contributed by atoms with Gasteiger partial charge in [-0.3, -0.25) is 9.52 Å². The monoisotopic (exact) mass is 402 g/mol. The summed E-state index contributed by atoms with van der Waals surface area (Å²) < 4.78 is 46.2. The maximum Gasteiger partial charge on any atom is 0.262 e. The highest BCUT2D eigenvalue weighted by atomic mass is 32.2. The van der Waals surface area contributed by atoms with Crippen LogP contribution in [0.5, 0.6) is 0 Å². The molecule has 146 valence electrons. The van der Waals surface area contributed by atoms with Crippen molar-refractivity contribution in [2.75, 3.05) is 11.8 Å². The van der Waals surface area contributed by atoms with Gasteiger partial charge in [-0.05, 0) is 61.0 Å². The number of nitrogens with zero attached hydrogens (tertiary/aromatic N) is 1. The fourth-order valence-electron chi connectivity index (χ4n) is 2.68. The van der Waals surface area contributed by atoms with Crippen molar-refractivity contribution in [3.8, 4) is 0 Å². The van der Waals surface area contributed by atoms with E-state index >= 15 is 0 Å². The number of sulfonamides is 1. The lowest BCUT2D eigenvalue weighted by atomic mass is 10.1. The van der Waals surface area contributed by atoms with Crippen molar-refractivity contribution in [2.45, 2.75) is 18.4 Å². The van der Waals surface area contributed by atoms with Crippen LogP contribution in [0.1, 0.15) is 21.7 Å². The van der Waals surface area contributed by atoms with E-state index in [0.717, 1.165) is 12.1 Å². The van der Waals surface area contributed by atoms with Crippen LogP contribution in [0.2, 0.25) is 0 Å². The van der Waals surface area contributed by atoms with E-state index in [0.29, 0.717) is 11.3 Å². The van der Waals surface area contributed by atoms with Crippen molar-refractivity contribution < 1.29 is 22.0 Å². The molecule has 0 fully saturated rings. The van der Waals surface area contributed by atoms with Gasteiger partial charge < -0.3 is 9.32 Å². The predicted octanol–water partition coefficient (Wildman–Crippen LogP) is 3.80. The maximum atomic E-state index is 13.0. The SMILES string of the molecule is Cc1ccc(C(=O)N(C)Cc2ccco2)cc1S(=O)(=O)Nc1ccc(F)cc1. The molecule has 28 heavy (non-hydrogen) atoms. The number of hydrogen-bond acceptors (Lipinski definition) is 4. The summed E-state index contributed by atoms with van der Waals surface area (Å²) >= 11 is 0. The third-order valence-electron chi connectivity index (χ3n) is 4.14. The van der Waals surface area contributed by atoms with Crippen molar-refractivity contribution in [1.29, 1.82) is 0 Å². The molecule has 3 rings (SSSR count). The Hall–Kier alpha value is -3.13. The Bertz CT molecular complexity index is 1080. The first-order chi connectivity index (χ1) is 13.3. The van der Waals surface area contributed by atoms with Gasteiger partial charge >= 0.3 is 0 Å². The normalized spacial score (nSPS) is 11.2. The molecular formula is C20H19FN2O4S. The van der Waals surface area contributed by atoms with E-state index in [2.05, 4.69) is 4.72 Å². The molecule has 8 heteroatoms. The number of aryl methyl sites for hydroxylation is 1. The number of rotatable bonds is 6. The highest BCUT2D eigenvalue weighted by Gasteiger charge is 2.21. The minimum atomic E-state index is -3.95. The van der Waals surface area contributed by atoms with Gasteiger partial charge in [0.2, 0.25) is 0 Å². The maximum absolute atomic E-state index is 13.0. The quantitative estimate of drug-likeness (QED) is 0.680. The lowest BCUT2D eigenvalue weighted by Gasteiger charge is -2.17. The van der Waals surface area contributed by atoms with Crippen molar-refractivity contribution in [3.05, 3.63) is 83.6 Å². The summed E-state index contributed by atoms with van der Waals surface area (Å²) in [5.74, 6) is -0.185. The van der Waals surface area contributed by atoms with Gasteiger partial charge in [0.1, 0.15) is 11.6 Å². The van der Waals surface area contributed by atoms with Crippen molar-refractivity contribution in [2.24, 2.45) is 0 Å². The first-order valence-electron chi connectivity index (χ1n) is 8.43. The zero-order valence-electron chi connectivity index (χ0n) is 15.3. The van der Waals surface area contributed by atoms with E-state index in [9.17, 15) is 17.6 Å². The molecule has 1 amide bonds. The Kier molecular flexibility index (Phi) is 5.51. The lowest BCUT2D eigenvalue weighted by Crippen LogP contribution is -2.26. The van der Waals surface area contributed by atoms with Crippen LogP contribution in [0.25, 0.3) is 0 Å². The molecule has 0 atom stereocenters. The Morgan fingerprint density at radius 1 is 1.14 bits per heavy atom. The fraction of sp³-hybridized carbons (Fsp3) is 0.150. The standard InChI is InChI=1S/C20H19FN2O4S/c1-14-5-6-15(20(24)23(2)13-18-4-3-11-27-18)12-19(14)28(25,26)22-17-9-7-16(21)8-10-17/h3-12,22H,13H2,1-2H3. The van der Waals surface area contributed by atoms with Crippen LogP contribution in [0, 0.1) is 12.7 Å². The van der Waals surface area contributed by atoms with Crippen LogP contribution in [0.3, 0.4) is 0 Å². The van der Waals surface area contributed by atoms with Crippen molar-refractivity contribution in [1.82, 2.24) is 4.90 Å². The first-order valence-corrected chi connectivity index (χ1v) is 9.91. The number of furan rings is 1. The van der Waals surface area contributed by atoms with Gasteiger partial charge in [0.25, 0.3) is 15.9 Å². The molecule has 1 heterocycles. The highest BCUT2D eigenvalue weighted by Crippen LogP contribution is 2.22. The van der Waals surface area contributed by atoms with Gasteiger partial charge in [0, 0.05) is 18.3 Å². The molecule has 3 aromatic rings. The number of anilines is 1. The second-order valence-corrected chi connectivity index (χ2v) is 7.98. The number of hydrogen-bond donors (Lipinski definition) is 1. The summed E-state index contributed by atoms with van der Waals surface area (Å²) in [6.45, 7) is 1.90. The van der Waals surface area contributed by atoms with Crippen LogP contribution < -0.4 is 4.72 Å². The average Bonchev–Trinajstić information content (AvgIpc) is 3.16. The molecule has 0 saturated heterocycles. The number of benzene rings is 2. The summed E-state index contributed by atoms with van der Waals surface area (Å²) in [6, 6.07) is 12.9. The molecule has 0 unspecified atom stereocenters. The van der Waals surface area contributed by atoms with E-state index < -0.39 is 15.8 Å². The minimum absolute atomic E-state index is 0.0194. The Morgan fingerprint density at radius 3 is 2.50 bits per heavy atom. The molecule has 1 N–H and O–H groups in total. The predicted molar refractivity (Wildman–Crippen MR) is 103 cm³/mol. The van der Waals surface area contributed by atoms with Crippen molar-refractivity contribution >= 4 is 21.6 Å². The smallest absolute Gasteiger partial charge is 0.262 e. The second kappa shape index (κ2) is 7.85. The Morgan fingerprint density at radius 2 is 1.86 bits per heavy atom. The lowest BCUT2D eigenvalue weighted by molar-refractivity contribution is 0.0775. The summed E-state index contributed by atoms with van der Waals surface area (Å²) in [6.07, 6.45) is 1.52. The Labute approximate surface area is 162 Å². The van der Waals surface area contributed by atoms with Crippen LogP contribution >= 0.6 is 0 Å². The summed E-state index contributed by atoms with van der Waals surface area (Å²) in [4.78, 5) is 14.1. The minimum Gasteiger partial charge on any atom is -0.467 e. The van der Waals surface area contributed by atoms with Gasteiger partial charge in [-0.15, -0.1) is 0 Å². The van der Waals surface area contributed by atoms with Gasteiger partial charge in [-0.25, -0.2) is 12.8 Å². The molecule has 0 saturated carbocycles. The molecule has 1 aromatic heterocycles. The van der Waals surface area contributed by atoms with Crippen LogP contribution in [-0.2, 0) is 16.6 Å². The molecule has 0 bridgehead atoms. The molecule has 0 aliphatic rings. The summed E-state index contributed by atoms with van der Waals surface area (Å²) in [5.41, 5.74) is 0.950. The number of halogens is 1. The van der Waals surface area contributed by atoms with E-state index in [1.54, 1.807) is 38.2 Å². The zero-order valence-corrected chi connectivity index (χ0v) is 16.2. The number of carbonyl (C=O) groups excluding carboxylic acids is 1. The van der Waals surface area contributed by atoms with E-state index in [1.807, 2.05) is 0 Å². The first kappa shape index (κ1) is 19.6. The Balaban J connectivity index is 1.85. The van der Waals surface area contributed by atoms with E-state index in [-0.39, 0.29) is 28.6 Å².